The smallest absolute Gasteiger partial charge is 0.0912 e. The average molecular weight is 392 g/mol. The number of hydrogen-bond acceptors (Lipinski definition) is 1. The molecule has 76 valence electrons. The van der Waals surface area contributed by atoms with E-state index in [1.807, 2.05) is 30.3 Å². The van der Waals surface area contributed by atoms with Crippen LogP contribution in [-0.4, -0.2) is 0 Å². The lowest BCUT2D eigenvalue weighted by Gasteiger charge is -2.03. The first-order valence-corrected chi connectivity index (χ1v) is 6.41. The molecular weight excluding hydrogens is 386 g/mol. The first-order chi connectivity index (χ1) is 7.16. The molecule has 0 unspecified atom stereocenters. The maximum atomic E-state index is 8.42. The molecule has 15 heavy (non-hydrogen) atoms. The van der Waals surface area contributed by atoms with E-state index < -0.39 is 0 Å². The Balaban J connectivity index is 3.14. The Kier molecular flexibility index (Phi) is 5.30. The molecule has 1 rings (SSSR count). The van der Waals surface area contributed by atoms with Crippen molar-refractivity contribution in [3.63, 3.8) is 0 Å². The van der Waals surface area contributed by atoms with E-state index in [1.54, 1.807) is 6.08 Å². The summed E-state index contributed by atoms with van der Waals surface area (Å²) in [5.41, 5.74) is 1.03. The van der Waals surface area contributed by atoms with Crippen molar-refractivity contribution in [1.29, 1.82) is 5.26 Å². The van der Waals surface area contributed by atoms with Crippen LogP contribution in [0.3, 0.4) is 0 Å². The zero-order valence-electron chi connectivity index (χ0n) is 7.55. The fourth-order valence-corrected chi connectivity index (χ4v) is 2.52. The van der Waals surface area contributed by atoms with Gasteiger partial charge in [0.15, 0.2) is 0 Å². The molecule has 1 nitrogen and oxygen atoms in total. The molecule has 1 aromatic carbocycles. The number of nitrogens with zero attached hydrogens (tertiary/aromatic N) is 1. The Morgan fingerprint density at radius 2 is 1.93 bits per heavy atom. The van der Waals surface area contributed by atoms with Gasteiger partial charge in [-0.25, -0.2) is 0 Å². The van der Waals surface area contributed by atoms with Crippen LogP contribution in [0.5, 0.6) is 0 Å². The second-order valence-electron chi connectivity index (χ2n) is 2.60. The lowest BCUT2D eigenvalue weighted by atomic mass is 10.2. The maximum Gasteiger partial charge on any atom is 0.0912 e. The average Bonchev–Trinajstić information content (AvgIpc) is 2.25. The van der Waals surface area contributed by atoms with Gasteiger partial charge >= 0.3 is 0 Å². The summed E-state index contributed by atoms with van der Waals surface area (Å²) < 4.78 is 2.73. The molecule has 0 spiro atoms. The largest absolute Gasteiger partial charge is 0.193 e. The third-order valence-corrected chi connectivity index (χ3v) is 4.36. The van der Waals surface area contributed by atoms with E-state index >= 15 is 0 Å². The quantitative estimate of drug-likeness (QED) is 0.514. The van der Waals surface area contributed by atoms with Crippen LogP contribution in [0, 0.1) is 11.3 Å². The van der Waals surface area contributed by atoms with Crippen LogP contribution in [0.4, 0.5) is 0 Å². The van der Waals surface area contributed by atoms with Gasteiger partial charge in [0.25, 0.3) is 0 Å². The summed E-state index contributed by atoms with van der Waals surface area (Å²) in [6.07, 6.45) is 3.12. The molecule has 0 fully saturated rings. The highest BCUT2D eigenvalue weighted by Crippen LogP contribution is 2.33. The summed E-state index contributed by atoms with van der Waals surface area (Å²) in [5, 5.41) is 8.42. The molecule has 0 radical (unpaired) electrons. The maximum absolute atomic E-state index is 8.42. The normalized spacial score (nSPS) is 12.4. The topological polar surface area (TPSA) is 23.8 Å². The molecule has 0 aliphatic rings. The summed E-state index contributed by atoms with van der Waals surface area (Å²) in [5.74, 6) is 0. The van der Waals surface area contributed by atoms with E-state index in [9.17, 15) is 0 Å². The molecule has 0 heterocycles. The van der Waals surface area contributed by atoms with Crippen molar-refractivity contribution in [2.45, 2.75) is 0 Å². The minimum absolute atomic E-state index is 0.830. The molecule has 0 saturated carbocycles. The number of hydrogen-bond donors (Lipinski definition) is 0. The van der Waals surface area contributed by atoms with Crippen LogP contribution in [0.2, 0.25) is 0 Å². The molecule has 0 amide bonds. The summed E-state index contributed by atoms with van der Waals surface area (Å²) >= 11 is 10.3. The number of halogens is 3. The molecule has 0 N–H and O–H groups in total. The molecule has 0 aliphatic carbocycles. The highest BCUT2D eigenvalue weighted by atomic mass is 79.9. The van der Waals surface area contributed by atoms with Gasteiger partial charge in [0.2, 0.25) is 0 Å². The molecular formula is C11H6Br3N. The second kappa shape index (κ2) is 6.26. The van der Waals surface area contributed by atoms with Gasteiger partial charge in [0.1, 0.15) is 0 Å². The lowest BCUT2D eigenvalue weighted by molar-refractivity contribution is 1.53. The first-order valence-electron chi connectivity index (χ1n) is 4.03. The summed E-state index contributed by atoms with van der Waals surface area (Å²) in [4.78, 5) is 0. The van der Waals surface area contributed by atoms with Crippen LogP contribution >= 0.6 is 47.8 Å². The fourth-order valence-electron chi connectivity index (χ4n) is 0.951. The Morgan fingerprint density at radius 3 is 2.53 bits per heavy atom. The summed E-state index contributed by atoms with van der Waals surface area (Å²) in [7, 11) is 0. The molecule has 0 bridgehead atoms. The number of rotatable bonds is 2. The van der Waals surface area contributed by atoms with Gasteiger partial charge in [-0.3, -0.25) is 0 Å². The molecule has 0 saturated heterocycles. The van der Waals surface area contributed by atoms with Crippen molar-refractivity contribution in [2.24, 2.45) is 0 Å². The van der Waals surface area contributed by atoms with Crippen molar-refractivity contribution in [3.8, 4) is 6.07 Å². The monoisotopic (exact) mass is 389 g/mol. The molecule has 4 heteroatoms. The Hall–Kier alpha value is -0.370. The van der Waals surface area contributed by atoms with Gasteiger partial charge in [0.05, 0.1) is 6.07 Å². The van der Waals surface area contributed by atoms with Crippen LogP contribution in [0.25, 0.3) is 4.48 Å². The van der Waals surface area contributed by atoms with E-state index in [0.29, 0.717) is 0 Å². The Labute approximate surface area is 114 Å². The van der Waals surface area contributed by atoms with E-state index in [2.05, 4.69) is 47.8 Å². The summed E-state index contributed by atoms with van der Waals surface area (Å²) in [6, 6.07) is 9.79. The second-order valence-corrected chi connectivity index (χ2v) is 5.11. The number of benzene rings is 1. The van der Waals surface area contributed by atoms with Gasteiger partial charge in [0, 0.05) is 25.1 Å². The number of allylic oxidation sites excluding steroid dienone is 3. The fraction of sp³-hybridized carbons (Fsp3) is 0. The van der Waals surface area contributed by atoms with Crippen molar-refractivity contribution < 1.29 is 0 Å². The minimum atomic E-state index is 0.830. The van der Waals surface area contributed by atoms with Gasteiger partial charge < -0.3 is 0 Å². The van der Waals surface area contributed by atoms with E-state index in [0.717, 1.165) is 19.0 Å². The van der Waals surface area contributed by atoms with Gasteiger partial charge in [-0.15, -0.1) is 0 Å². The van der Waals surface area contributed by atoms with E-state index in [4.69, 9.17) is 5.26 Å². The highest BCUT2D eigenvalue weighted by molar-refractivity contribution is 9.16. The van der Waals surface area contributed by atoms with Gasteiger partial charge in [-0.1, -0.05) is 34.1 Å². The first kappa shape index (κ1) is 12.7. The number of nitriles is 1. The Bertz CT molecular complexity index is 455. The lowest BCUT2D eigenvalue weighted by Crippen LogP contribution is -1.80. The third kappa shape index (κ3) is 3.60. The zero-order chi connectivity index (χ0) is 11.3. The van der Waals surface area contributed by atoms with Crippen molar-refractivity contribution in [2.75, 3.05) is 0 Å². The Morgan fingerprint density at radius 1 is 1.27 bits per heavy atom. The van der Waals surface area contributed by atoms with Gasteiger partial charge in [-0.2, -0.15) is 5.26 Å². The molecule has 0 aliphatic heterocycles. The van der Waals surface area contributed by atoms with Crippen LogP contribution < -0.4 is 0 Å². The van der Waals surface area contributed by atoms with Crippen molar-refractivity contribution in [3.05, 3.63) is 50.9 Å². The standard InChI is InChI=1S/C11H6Br3N/c12-9-5-2-1-4-8(9)11(14)10(13)6-3-7-15/h1-6H. The van der Waals surface area contributed by atoms with Crippen LogP contribution in [0.15, 0.2) is 45.4 Å². The highest BCUT2D eigenvalue weighted by Gasteiger charge is 2.05. The third-order valence-electron chi connectivity index (χ3n) is 1.62. The predicted octanol–water partition coefficient (Wildman–Crippen LogP) is 4.99. The van der Waals surface area contributed by atoms with Crippen LogP contribution in [0.1, 0.15) is 5.56 Å². The minimum Gasteiger partial charge on any atom is -0.193 e. The molecule has 0 aromatic heterocycles. The van der Waals surface area contributed by atoms with Crippen LogP contribution in [-0.2, 0) is 0 Å². The van der Waals surface area contributed by atoms with Crippen molar-refractivity contribution >= 4 is 52.3 Å². The van der Waals surface area contributed by atoms with E-state index in [1.165, 1.54) is 6.08 Å². The molecule has 0 atom stereocenters. The predicted molar refractivity (Wildman–Crippen MR) is 73.7 cm³/mol. The zero-order valence-corrected chi connectivity index (χ0v) is 12.3. The van der Waals surface area contributed by atoms with Crippen molar-refractivity contribution in [1.82, 2.24) is 0 Å². The molecule has 1 aromatic rings. The SMILES string of the molecule is N#CC=CC(Br)=C(Br)c1ccccc1Br. The van der Waals surface area contributed by atoms with E-state index in [-0.39, 0.29) is 0 Å². The van der Waals surface area contributed by atoms with Gasteiger partial charge in [-0.05, 0) is 44.0 Å². The summed E-state index contributed by atoms with van der Waals surface area (Å²) in [6.45, 7) is 0.